The molecule has 0 saturated carbocycles. The predicted octanol–water partition coefficient (Wildman–Crippen LogP) is 5.70. The molecule has 1 radical (unpaired) electrons. The summed E-state index contributed by atoms with van der Waals surface area (Å²) in [5, 5.41) is 9.56. The first-order valence-corrected chi connectivity index (χ1v) is 8.36. The minimum absolute atomic E-state index is 0. The normalized spacial score (nSPS) is 11.9. The fraction of sp³-hybridized carbons (Fsp3) is 0.571. The van der Waals surface area contributed by atoms with Gasteiger partial charge in [0.1, 0.15) is 5.76 Å². The van der Waals surface area contributed by atoms with Gasteiger partial charge < -0.3 is 5.11 Å². The van der Waals surface area contributed by atoms with Gasteiger partial charge in [-0.2, -0.15) is 35.4 Å². The average molecular weight is 510 g/mol. The fourth-order valence-corrected chi connectivity index (χ4v) is 1.55. The first-order chi connectivity index (χ1) is 10.4. The van der Waals surface area contributed by atoms with Gasteiger partial charge in [0.25, 0.3) is 0 Å². The van der Waals surface area contributed by atoms with Crippen LogP contribution in [-0.4, -0.2) is 10.9 Å². The van der Waals surface area contributed by atoms with Crippen LogP contribution in [-0.2, 0) is 37.7 Å². The Kier molecular flexibility index (Phi) is 11.4. The van der Waals surface area contributed by atoms with Crippen LogP contribution in [0.5, 0.6) is 0 Å². The van der Waals surface area contributed by atoms with Crippen molar-refractivity contribution < 1.29 is 30.0 Å². The summed E-state index contributed by atoms with van der Waals surface area (Å²) in [4.78, 5) is 11.5. The molecular formula is C21H33IrO2-. The van der Waals surface area contributed by atoms with Gasteiger partial charge in [0, 0.05) is 37.0 Å². The van der Waals surface area contributed by atoms with Crippen LogP contribution in [0, 0.1) is 16.9 Å². The van der Waals surface area contributed by atoms with E-state index in [0.29, 0.717) is 0 Å². The first kappa shape index (κ1) is 25.3. The number of allylic oxidation sites excluding steroid dienone is 2. The molecule has 1 rings (SSSR count). The molecule has 1 aromatic rings. The smallest absolute Gasteiger partial charge is 0.164 e. The monoisotopic (exact) mass is 510 g/mol. The van der Waals surface area contributed by atoms with Gasteiger partial charge in [-0.15, -0.1) is 0 Å². The van der Waals surface area contributed by atoms with E-state index in [0.717, 1.165) is 12.8 Å². The van der Waals surface area contributed by atoms with E-state index in [9.17, 15) is 9.90 Å². The molecule has 0 aliphatic carbocycles. The summed E-state index contributed by atoms with van der Waals surface area (Å²) in [5.74, 6) is 0.104. The third-order valence-electron chi connectivity index (χ3n) is 3.49. The molecule has 0 unspecified atom stereocenters. The summed E-state index contributed by atoms with van der Waals surface area (Å²) >= 11 is 0. The maximum atomic E-state index is 11.5. The van der Waals surface area contributed by atoms with Crippen molar-refractivity contribution in [3.63, 3.8) is 0 Å². The topological polar surface area (TPSA) is 37.3 Å². The summed E-state index contributed by atoms with van der Waals surface area (Å²) in [7, 11) is 0. The molecule has 2 nitrogen and oxygen atoms in total. The Morgan fingerprint density at radius 1 is 1.08 bits per heavy atom. The van der Waals surface area contributed by atoms with Crippen LogP contribution in [0.2, 0.25) is 0 Å². The Hall–Kier alpha value is -0.921. The molecule has 1 aromatic carbocycles. The Balaban J connectivity index is 0. The van der Waals surface area contributed by atoms with Crippen LogP contribution >= 0.6 is 0 Å². The molecule has 0 amide bonds. The number of ketones is 1. The second kappa shape index (κ2) is 10.8. The second-order valence-corrected chi connectivity index (χ2v) is 7.82. The number of carbonyl (C=O) groups excluding carboxylic acids is 1. The van der Waals surface area contributed by atoms with E-state index < -0.39 is 5.41 Å². The molecule has 139 valence electrons. The van der Waals surface area contributed by atoms with E-state index in [-0.39, 0.29) is 37.1 Å². The maximum absolute atomic E-state index is 11.5. The Morgan fingerprint density at radius 3 is 2.00 bits per heavy atom. The van der Waals surface area contributed by atoms with Crippen molar-refractivity contribution in [1.29, 1.82) is 0 Å². The van der Waals surface area contributed by atoms with Gasteiger partial charge in [0.2, 0.25) is 0 Å². The molecule has 0 aromatic heterocycles. The van der Waals surface area contributed by atoms with Crippen molar-refractivity contribution in [2.45, 2.75) is 68.2 Å². The minimum atomic E-state index is -0.417. The molecule has 3 heteroatoms. The summed E-state index contributed by atoms with van der Waals surface area (Å²) < 4.78 is 0. The molecule has 0 aliphatic rings. The number of rotatable bonds is 3. The molecule has 0 bridgehead atoms. The first-order valence-electron chi connectivity index (χ1n) is 8.36. The molecule has 0 atom stereocenters. The van der Waals surface area contributed by atoms with Gasteiger partial charge in [0.15, 0.2) is 5.78 Å². The molecule has 0 aliphatic heterocycles. The Labute approximate surface area is 162 Å². The van der Waals surface area contributed by atoms with Crippen molar-refractivity contribution in [3.05, 3.63) is 47.2 Å². The number of aliphatic hydroxyl groups is 1. The summed E-state index contributed by atoms with van der Waals surface area (Å²) in [5.41, 5.74) is 1.97. The zero-order chi connectivity index (χ0) is 18.3. The van der Waals surface area contributed by atoms with Crippen molar-refractivity contribution in [3.8, 4) is 0 Å². The zero-order valence-corrected chi connectivity index (χ0v) is 18.8. The average Bonchev–Trinajstić information content (AvgIpc) is 2.45. The molecule has 0 fully saturated rings. The molecule has 24 heavy (non-hydrogen) atoms. The Bertz CT molecular complexity index is 512. The quantitative estimate of drug-likeness (QED) is 0.323. The van der Waals surface area contributed by atoms with Crippen LogP contribution in [0.3, 0.4) is 0 Å². The van der Waals surface area contributed by atoms with Crippen LogP contribution in [0.15, 0.2) is 30.0 Å². The van der Waals surface area contributed by atoms with E-state index >= 15 is 0 Å². The van der Waals surface area contributed by atoms with Crippen LogP contribution in [0.4, 0.5) is 0 Å². The van der Waals surface area contributed by atoms with Gasteiger partial charge >= 0.3 is 0 Å². The molecule has 0 heterocycles. The van der Waals surface area contributed by atoms with Gasteiger partial charge in [-0.05, 0) is 0 Å². The third-order valence-corrected chi connectivity index (χ3v) is 3.49. The van der Waals surface area contributed by atoms with E-state index in [1.165, 1.54) is 17.2 Å². The van der Waals surface area contributed by atoms with E-state index in [1.807, 2.05) is 47.6 Å². The van der Waals surface area contributed by atoms with E-state index in [1.54, 1.807) is 0 Å². The fourth-order valence-electron chi connectivity index (χ4n) is 1.55. The summed E-state index contributed by atoms with van der Waals surface area (Å²) in [6.07, 6.45) is 3.55. The summed E-state index contributed by atoms with van der Waals surface area (Å²) in [6, 6.07) is 9.55. The zero-order valence-electron chi connectivity index (χ0n) is 16.4. The van der Waals surface area contributed by atoms with Gasteiger partial charge in [0.05, 0.1) is 0 Å². The van der Waals surface area contributed by atoms with E-state index in [2.05, 4.69) is 32.0 Å². The van der Waals surface area contributed by atoms with Gasteiger partial charge in [-0.25, -0.2) is 0 Å². The standard InChI is InChI=1S/C11H20O2.C10H13.Ir/c1-10(2,3)8(12)7-9(13)11(4,5)6;1-3-9-6-5-7-10(4-2)8-9;/h7,12H,1-6H3;5-6,8H,3-4H2,1-2H3;/q;-1;/b8-7-;;. The largest absolute Gasteiger partial charge is 0.512 e. The summed E-state index contributed by atoms with van der Waals surface area (Å²) in [6.45, 7) is 15.4. The number of benzene rings is 1. The predicted molar refractivity (Wildman–Crippen MR) is 98.7 cm³/mol. The molecular weight excluding hydrogens is 476 g/mol. The number of hydrogen-bond acceptors (Lipinski definition) is 2. The van der Waals surface area contributed by atoms with Crippen molar-refractivity contribution in [1.82, 2.24) is 0 Å². The van der Waals surface area contributed by atoms with Crippen molar-refractivity contribution in [2.75, 3.05) is 0 Å². The van der Waals surface area contributed by atoms with Gasteiger partial charge in [-0.3, -0.25) is 4.79 Å². The number of hydrogen-bond donors (Lipinski definition) is 1. The second-order valence-electron chi connectivity index (χ2n) is 7.82. The SMILES string of the molecule is CC(C)(C)C(=O)/C=C(\O)C(C)(C)C.CCc1[c-]ccc(CC)c1.[Ir]. The third kappa shape index (κ3) is 10.1. The van der Waals surface area contributed by atoms with Gasteiger partial charge in [-0.1, -0.05) is 68.2 Å². The molecule has 0 spiro atoms. The number of aryl methyl sites for hydroxylation is 2. The van der Waals surface area contributed by atoms with Crippen LogP contribution in [0.25, 0.3) is 0 Å². The Morgan fingerprint density at radius 2 is 1.62 bits per heavy atom. The minimum Gasteiger partial charge on any atom is -0.512 e. The number of aliphatic hydroxyl groups excluding tert-OH is 1. The number of carbonyl (C=O) groups is 1. The molecule has 0 saturated heterocycles. The van der Waals surface area contributed by atoms with Crippen LogP contribution in [0.1, 0.15) is 66.5 Å². The van der Waals surface area contributed by atoms with Crippen LogP contribution < -0.4 is 0 Å². The van der Waals surface area contributed by atoms with Crippen molar-refractivity contribution in [2.24, 2.45) is 10.8 Å². The molecule has 1 N–H and O–H groups in total. The maximum Gasteiger partial charge on any atom is 0.164 e. The van der Waals surface area contributed by atoms with Crippen molar-refractivity contribution >= 4 is 5.78 Å². The van der Waals surface area contributed by atoms with E-state index in [4.69, 9.17) is 0 Å².